The molecular weight excluding hydrogens is 813 g/mol. The summed E-state index contributed by atoms with van der Waals surface area (Å²) >= 11 is 0. The van der Waals surface area contributed by atoms with E-state index in [2.05, 4.69) is 264 Å². The van der Waals surface area contributed by atoms with E-state index in [1.165, 1.54) is 77.2 Å². The molecule has 0 unspecified atom stereocenters. The molecule has 0 radical (unpaired) electrons. The molecule has 0 bridgehead atoms. The molecule has 0 N–H and O–H groups in total. The molecule has 0 amide bonds. The Labute approximate surface area is 388 Å². The van der Waals surface area contributed by atoms with Gasteiger partial charge in [0.2, 0.25) is 0 Å². The van der Waals surface area contributed by atoms with E-state index in [4.69, 9.17) is 4.42 Å². The summed E-state index contributed by atoms with van der Waals surface area (Å²) in [5.41, 5.74) is 17.9. The van der Waals surface area contributed by atoms with E-state index in [0.717, 1.165) is 44.6 Å². The fourth-order valence-corrected chi connectivity index (χ4v) is 10.1. The summed E-state index contributed by atoms with van der Waals surface area (Å²) < 4.78 is 9.14. The minimum atomic E-state index is 0.863. The minimum Gasteiger partial charge on any atom is -0.454 e. The monoisotopic (exact) mass is 854 g/mol. The number of nitrogens with zero attached hydrogens (tertiary/aromatic N) is 2. The molecule has 0 aliphatic heterocycles. The summed E-state index contributed by atoms with van der Waals surface area (Å²) in [4.78, 5) is 2.32. The predicted octanol–water partition coefficient (Wildman–Crippen LogP) is 18.0. The van der Waals surface area contributed by atoms with Crippen LogP contribution in [0.5, 0.6) is 0 Å². The second-order valence-electron chi connectivity index (χ2n) is 17.3. The summed E-state index contributed by atoms with van der Waals surface area (Å²) in [5, 5.41) is 7.16. The number of aromatic nitrogens is 1. The lowest BCUT2D eigenvalue weighted by Crippen LogP contribution is -2.10. The van der Waals surface area contributed by atoms with E-state index in [1.54, 1.807) is 0 Å². The summed E-state index contributed by atoms with van der Waals surface area (Å²) in [6.45, 7) is 0. The number of para-hydroxylation sites is 3. The third-order valence-electron chi connectivity index (χ3n) is 13.4. The van der Waals surface area contributed by atoms with Crippen LogP contribution < -0.4 is 4.90 Å². The Bertz CT molecular complexity index is 3920. The lowest BCUT2D eigenvalue weighted by Gasteiger charge is -2.26. The largest absolute Gasteiger partial charge is 0.454 e. The van der Waals surface area contributed by atoms with E-state index in [1.807, 2.05) is 0 Å². The fraction of sp³-hybridized carbons (Fsp3) is 0. The van der Waals surface area contributed by atoms with E-state index in [-0.39, 0.29) is 0 Å². The highest BCUT2D eigenvalue weighted by Gasteiger charge is 2.21. The summed E-state index contributed by atoms with van der Waals surface area (Å²) in [6.07, 6.45) is 0. The molecule has 0 saturated carbocycles. The minimum absolute atomic E-state index is 0.863. The van der Waals surface area contributed by atoms with Crippen LogP contribution in [0.1, 0.15) is 0 Å². The summed E-state index contributed by atoms with van der Waals surface area (Å²) in [5.74, 6) is 0. The first kappa shape index (κ1) is 38.5. The van der Waals surface area contributed by atoms with E-state index >= 15 is 0 Å². The van der Waals surface area contributed by atoms with Crippen LogP contribution in [-0.4, -0.2) is 4.57 Å². The van der Waals surface area contributed by atoms with E-state index in [9.17, 15) is 0 Å². The van der Waals surface area contributed by atoms with Crippen molar-refractivity contribution in [2.75, 3.05) is 4.90 Å². The number of hydrogen-bond donors (Lipinski definition) is 0. The Balaban J connectivity index is 0.810. The lowest BCUT2D eigenvalue weighted by molar-refractivity contribution is 0.669. The Kier molecular flexibility index (Phi) is 9.17. The molecule has 67 heavy (non-hydrogen) atoms. The SMILES string of the molecule is c1ccc(-c2ccc(N(c3ccc(-c4ccc(-c5ccc(-c6ccc7c(c6)c6ccccc6n7-c6ccccc6)cc5)cc4)cc3)c3cccc4c3oc3ccc5ccccc5c34)cc2)cc1. The molecule has 0 aliphatic carbocycles. The van der Waals surface area contributed by atoms with Gasteiger partial charge in [0.05, 0.1) is 16.7 Å². The molecule has 0 aliphatic rings. The Morgan fingerprint density at radius 3 is 1.43 bits per heavy atom. The molecule has 13 rings (SSSR count). The van der Waals surface area contributed by atoms with Crippen LogP contribution in [0.2, 0.25) is 0 Å². The number of rotatable bonds is 8. The molecule has 314 valence electrons. The zero-order valence-corrected chi connectivity index (χ0v) is 36.6. The van der Waals surface area contributed by atoms with Crippen LogP contribution in [0.15, 0.2) is 259 Å². The van der Waals surface area contributed by atoms with Gasteiger partial charge in [0.15, 0.2) is 5.58 Å². The highest BCUT2D eigenvalue weighted by molar-refractivity contribution is 6.21. The van der Waals surface area contributed by atoms with Gasteiger partial charge >= 0.3 is 0 Å². The van der Waals surface area contributed by atoms with Crippen molar-refractivity contribution >= 4 is 71.6 Å². The highest BCUT2D eigenvalue weighted by Crippen LogP contribution is 2.45. The number of hydrogen-bond acceptors (Lipinski definition) is 2. The molecule has 2 heterocycles. The fourth-order valence-electron chi connectivity index (χ4n) is 10.1. The molecule has 2 aromatic heterocycles. The smallest absolute Gasteiger partial charge is 0.159 e. The van der Waals surface area contributed by atoms with Gasteiger partial charge in [0.25, 0.3) is 0 Å². The summed E-state index contributed by atoms with van der Waals surface area (Å²) in [7, 11) is 0. The molecule has 0 spiro atoms. The molecule has 3 heteroatoms. The quantitative estimate of drug-likeness (QED) is 0.152. The second kappa shape index (κ2) is 16.0. The van der Waals surface area contributed by atoms with Gasteiger partial charge in [-0.15, -0.1) is 0 Å². The number of furan rings is 1. The standard InChI is InChI=1S/C64H42N2O/c1-3-12-43(13-4-1)47-30-36-53(37-31-47)65(61-21-11-19-57-63-55-17-8-7-14-50(55)35-41-62(63)67-64(57)61)54-38-32-48(33-39-54)46-24-22-44(23-25-46)45-26-28-49(29-27-45)51-34-40-60-58(42-51)56-18-9-10-20-59(56)66(60)52-15-5-2-6-16-52/h1-42H. The zero-order valence-electron chi connectivity index (χ0n) is 36.6. The molecular formula is C64H42N2O. The second-order valence-corrected chi connectivity index (χ2v) is 17.3. The van der Waals surface area contributed by atoms with E-state index in [0.29, 0.717) is 0 Å². The van der Waals surface area contributed by atoms with Gasteiger partial charge in [-0.1, -0.05) is 188 Å². The lowest BCUT2D eigenvalue weighted by atomic mass is 9.97. The van der Waals surface area contributed by atoms with Crippen molar-refractivity contribution in [3.8, 4) is 50.2 Å². The molecule has 3 nitrogen and oxygen atoms in total. The van der Waals surface area contributed by atoms with Gasteiger partial charge in [-0.2, -0.15) is 0 Å². The Hall–Kier alpha value is -8.92. The van der Waals surface area contributed by atoms with Crippen molar-refractivity contribution in [1.29, 1.82) is 0 Å². The first-order valence-corrected chi connectivity index (χ1v) is 22.9. The predicted molar refractivity (Wildman–Crippen MR) is 282 cm³/mol. The van der Waals surface area contributed by atoms with E-state index < -0.39 is 0 Å². The average Bonchev–Trinajstić information content (AvgIpc) is 3.96. The van der Waals surface area contributed by atoms with Crippen LogP contribution in [-0.2, 0) is 0 Å². The third-order valence-corrected chi connectivity index (χ3v) is 13.4. The molecule has 0 atom stereocenters. The molecule has 0 saturated heterocycles. The number of fused-ring (bicyclic) bond motifs is 8. The topological polar surface area (TPSA) is 21.3 Å². The van der Waals surface area contributed by atoms with Crippen molar-refractivity contribution in [2.45, 2.75) is 0 Å². The van der Waals surface area contributed by atoms with Crippen LogP contribution in [0.4, 0.5) is 17.1 Å². The Morgan fingerprint density at radius 1 is 0.313 bits per heavy atom. The maximum Gasteiger partial charge on any atom is 0.159 e. The first-order valence-electron chi connectivity index (χ1n) is 22.9. The van der Waals surface area contributed by atoms with Crippen LogP contribution in [0.25, 0.3) is 105 Å². The van der Waals surface area contributed by atoms with Crippen LogP contribution in [0, 0.1) is 0 Å². The number of anilines is 3. The Morgan fingerprint density at radius 2 is 0.791 bits per heavy atom. The van der Waals surface area contributed by atoms with Gasteiger partial charge in [-0.3, -0.25) is 0 Å². The van der Waals surface area contributed by atoms with Gasteiger partial charge < -0.3 is 13.9 Å². The maximum absolute atomic E-state index is 6.78. The maximum atomic E-state index is 6.78. The van der Waals surface area contributed by atoms with Gasteiger partial charge in [-0.25, -0.2) is 0 Å². The van der Waals surface area contributed by atoms with Crippen molar-refractivity contribution in [3.05, 3.63) is 255 Å². The summed E-state index contributed by atoms with van der Waals surface area (Å²) in [6, 6.07) is 91.6. The molecule has 11 aromatic carbocycles. The van der Waals surface area contributed by atoms with Crippen LogP contribution >= 0.6 is 0 Å². The third kappa shape index (κ3) is 6.67. The van der Waals surface area contributed by atoms with Crippen LogP contribution in [0.3, 0.4) is 0 Å². The van der Waals surface area contributed by atoms with Crippen molar-refractivity contribution in [2.24, 2.45) is 0 Å². The number of benzene rings is 11. The van der Waals surface area contributed by atoms with Crippen molar-refractivity contribution in [1.82, 2.24) is 4.57 Å². The molecule has 0 fully saturated rings. The van der Waals surface area contributed by atoms with Gasteiger partial charge in [0, 0.05) is 38.6 Å². The molecule has 13 aromatic rings. The van der Waals surface area contributed by atoms with Crippen molar-refractivity contribution in [3.63, 3.8) is 0 Å². The van der Waals surface area contributed by atoms with Gasteiger partial charge in [0.1, 0.15) is 5.58 Å². The first-order chi connectivity index (χ1) is 33.2. The zero-order chi connectivity index (χ0) is 44.3. The van der Waals surface area contributed by atoms with Gasteiger partial charge in [-0.05, 0) is 122 Å². The average molecular weight is 855 g/mol. The normalized spacial score (nSPS) is 11.6. The highest BCUT2D eigenvalue weighted by atomic mass is 16.3. The van der Waals surface area contributed by atoms with Crippen molar-refractivity contribution < 1.29 is 4.42 Å².